The molecule has 0 saturated heterocycles. The average Bonchev–Trinajstić information content (AvgIpc) is 2.78. The summed E-state index contributed by atoms with van der Waals surface area (Å²) in [4.78, 5) is 14.5. The van der Waals surface area contributed by atoms with Crippen molar-refractivity contribution in [1.29, 1.82) is 0 Å². The molecular weight excluding hydrogens is 259 g/mol. The Kier molecular flexibility index (Phi) is 3.02. The molecule has 3 rings (SSSR count). The van der Waals surface area contributed by atoms with Crippen molar-refractivity contribution in [3.63, 3.8) is 0 Å². The van der Waals surface area contributed by atoms with Crippen molar-refractivity contribution in [2.45, 2.75) is 6.54 Å². The number of hydrogen-bond donors (Lipinski definition) is 1. The van der Waals surface area contributed by atoms with Crippen molar-refractivity contribution < 1.29 is 9.13 Å². The number of fused-ring (bicyclic) bond motifs is 1. The van der Waals surface area contributed by atoms with Gasteiger partial charge in [-0.05, 0) is 29.8 Å². The normalized spacial score (nSPS) is 10.9. The first-order chi connectivity index (χ1) is 9.69. The second-order valence-electron chi connectivity index (χ2n) is 4.50. The number of aromatic amines is 1. The van der Waals surface area contributed by atoms with Crippen LogP contribution >= 0.6 is 0 Å². The summed E-state index contributed by atoms with van der Waals surface area (Å²) in [5, 5.41) is 0. The Morgan fingerprint density at radius 2 is 2.05 bits per heavy atom. The molecule has 0 unspecified atom stereocenters. The maximum atomic E-state index is 13.6. The molecular formula is C15H13FN2O2. The molecule has 0 radical (unpaired) electrons. The minimum absolute atomic E-state index is 0.236. The van der Waals surface area contributed by atoms with Crippen LogP contribution in [0.3, 0.4) is 0 Å². The molecule has 0 bridgehead atoms. The molecule has 5 heteroatoms. The fourth-order valence-corrected chi connectivity index (χ4v) is 2.26. The molecule has 0 aliphatic rings. The van der Waals surface area contributed by atoms with Crippen LogP contribution in [-0.2, 0) is 6.54 Å². The summed E-state index contributed by atoms with van der Waals surface area (Å²) in [6.45, 7) is 0.361. The highest BCUT2D eigenvalue weighted by atomic mass is 19.1. The molecule has 0 amide bonds. The molecule has 20 heavy (non-hydrogen) atoms. The van der Waals surface area contributed by atoms with Crippen molar-refractivity contribution in [1.82, 2.24) is 9.55 Å². The second-order valence-corrected chi connectivity index (χ2v) is 4.50. The molecule has 1 N–H and O–H groups in total. The van der Waals surface area contributed by atoms with Gasteiger partial charge in [-0.3, -0.25) is 4.57 Å². The number of aromatic nitrogens is 2. The van der Waals surface area contributed by atoms with Gasteiger partial charge >= 0.3 is 5.69 Å². The van der Waals surface area contributed by atoms with Crippen molar-refractivity contribution in [2.75, 3.05) is 7.11 Å². The monoisotopic (exact) mass is 272 g/mol. The quantitative estimate of drug-likeness (QED) is 0.796. The van der Waals surface area contributed by atoms with E-state index >= 15 is 0 Å². The summed E-state index contributed by atoms with van der Waals surface area (Å²) < 4.78 is 20.3. The molecule has 0 spiro atoms. The van der Waals surface area contributed by atoms with Crippen LogP contribution in [0.2, 0.25) is 0 Å². The molecule has 4 nitrogen and oxygen atoms in total. The topological polar surface area (TPSA) is 47.0 Å². The van der Waals surface area contributed by atoms with Gasteiger partial charge in [0.05, 0.1) is 19.2 Å². The number of nitrogens with one attached hydrogen (secondary N) is 1. The third kappa shape index (κ3) is 2.07. The van der Waals surface area contributed by atoms with Gasteiger partial charge in [0, 0.05) is 0 Å². The number of benzene rings is 2. The first kappa shape index (κ1) is 12.5. The average molecular weight is 272 g/mol. The highest BCUT2D eigenvalue weighted by molar-refractivity contribution is 5.75. The van der Waals surface area contributed by atoms with Gasteiger partial charge in [-0.2, -0.15) is 0 Å². The van der Waals surface area contributed by atoms with Crippen LogP contribution in [0.5, 0.6) is 5.75 Å². The van der Waals surface area contributed by atoms with E-state index in [1.54, 1.807) is 19.2 Å². The first-order valence-corrected chi connectivity index (χ1v) is 6.19. The lowest BCUT2D eigenvalue weighted by Gasteiger charge is -2.06. The lowest BCUT2D eigenvalue weighted by molar-refractivity contribution is 0.414. The molecule has 0 aliphatic heterocycles. The van der Waals surface area contributed by atoms with Crippen LogP contribution in [-0.4, -0.2) is 16.7 Å². The largest absolute Gasteiger partial charge is 0.497 e. The smallest absolute Gasteiger partial charge is 0.326 e. The van der Waals surface area contributed by atoms with Gasteiger partial charge in [-0.25, -0.2) is 9.18 Å². The Hall–Kier alpha value is -2.56. The maximum Gasteiger partial charge on any atom is 0.326 e. The van der Waals surface area contributed by atoms with E-state index < -0.39 is 5.82 Å². The Morgan fingerprint density at radius 1 is 1.25 bits per heavy atom. The van der Waals surface area contributed by atoms with E-state index in [0.717, 1.165) is 11.3 Å². The zero-order valence-corrected chi connectivity index (χ0v) is 10.9. The Morgan fingerprint density at radius 3 is 2.85 bits per heavy atom. The highest BCUT2D eigenvalue weighted by Gasteiger charge is 2.10. The maximum absolute atomic E-state index is 13.6. The van der Waals surface area contributed by atoms with Crippen LogP contribution in [0.25, 0.3) is 11.0 Å². The molecule has 0 saturated carbocycles. The fraction of sp³-hybridized carbons (Fsp3) is 0.133. The van der Waals surface area contributed by atoms with Gasteiger partial charge in [-0.15, -0.1) is 0 Å². The zero-order chi connectivity index (χ0) is 14.1. The van der Waals surface area contributed by atoms with Crippen molar-refractivity contribution in [2.24, 2.45) is 0 Å². The van der Waals surface area contributed by atoms with Crippen molar-refractivity contribution >= 4 is 11.0 Å². The van der Waals surface area contributed by atoms with Crippen LogP contribution in [0.15, 0.2) is 47.3 Å². The van der Waals surface area contributed by atoms with Crippen molar-refractivity contribution in [3.8, 4) is 5.75 Å². The van der Waals surface area contributed by atoms with Gasteiger partial charge in [0.1, 0.15) is 17.1 Å². The second kappa shape index (κ2) is 4.85. The Labute approximate surface area is 114 Å². The molecule has 0 fully saturated rings. The van der Waals surface area contributed by atoms with Gasteiger partial charge in [-0.1, -0.05) is 18.2 Å². The van der Waals surface area contributed by atoms with E-state index in [1.165, 1.54) is 10.6 Å². The molecule has 3 aromatic rings. The number of halogens is 1. The summed E-state index contributed by atoms with van der Waals surface area (Å²) >= 11 is 0. The summed E-state index contributed by atoms with van der Waals surface area (Å²) in [5.41, 5.74) is 1.38. The zero-order valence-electron chi connectivity index (χ0n) is 10.9. The number of para-hydroxylation sites is 1. The Bertz CT molecular complexity index is 820. The third-order valence-electron chi connectivity index (χ3n) is 3.23. The van der Waals surface area contributed by atoms with Gasteiger partial charge < -0.3 is 9.72 Å². The number of imidazole rings is 1. The van der Waals surface area contributed by atoms with Crippen LogP contribution in [0, 0.1) is 5.82 Å². The number of hydrogen-bond acceptors (Lipinski definition) is 2. The van der Waals surface area contributed by atoms with E-state index in [-0.39, 0.29) is 11.2 Å². The molecule has 1 aromatic heterocycles. The van der Waals surface area contributed by atoms with Gasteiger partial charge in [0.15, 0.2) is 0 Å². The Balaban J connectivity index is 2.08. The van der Waals surface area contributed by atoms with Crippen LogP contribution in [0.1, 0.15) is 5.56 Å². The summed E-state index contributed by atoms with van der Waals surface area (Å²) in [6, 6.07) is 12.1. The predicted molar refractivity (Wildman–Crippen MR) is 74.6 cm³/mol. The third-order valence-corrected chi connectivity index (χ3v) is 3.23. The van der Waals surface area contributed by atoms with E-state index in [0.29, 0.717) is 12.1 Å². The summed E-state index contributed by atoms with van der Waals surface area (Å²) in [5.74, 6) is 0.297. The molecule has 102 valence electrons. The first-order valence-electron chi connectivity index (χ1n) is 6.19. The van der Waals surface area contributed by atoms with Crippen LogP contribution < -0.4 is 10.4 Å². The van der Waals surface area contributed by atoms with E-state index in [4.69, 9.17) is 4.74 Å². The van der Waals surface area contributed by atoms with Gasteiger partial charge in [0.2, 0.25) is 0 Å². The number of ether oxygens (including phenoxy) is 1. The van der Waals surface area contributed by atoms with Crippen molar-refractivity contribution in [3.05, 3.63) is 64.3 Å². The lowest BCUT2D eigenvalue weighted by Crippen LogP contribution is -2.17. The minimum Gasteiger partial charge on any atom is -0.497 e. The molecule has 0 atom stereocenters. The van der Waals surface area contributed by atoms with E-state index in [1.807, 2.05) is 24.3 Å². The number of H-pyrrole nitrogens is 1. The standard InChI is InChI=1S/C15H13FN2O2/c1-20-11-5-2-4-10(8-11)9-18-13-7-3-6-12(16)14(13)17-15(18)19/h2-8H,9H2,1H3,(H,17,19). The fourth-order valence-electron chi connectivity index (χ4n) is 2.26. The predicted octanol–water partition coefficient (Wildman–Crippen LogP) is 2.53. The SMILES string of the molecule is COc1cccc(Cn2c(=O)[nH]c3c(F)cccc32)c1. The van der Waals surface area contributed by atoms with Gasteiger partial charge in [0.25, 0.3) is 0 Å². The number of rotatable bonds is 3. The molecule has 2 aromatic carbocycles. The lowest BCUT2D eigenvalue weighted by atomic mass is 10.2. The molecule has 0 aliphatic carbocycles. The van der Waals surface area contributed by atoms with Crippen LogP contribution in [0.4, 0.5) is 4.39 Å². The van der Waals surface area contributed by atoms with E-state index in [2.05, 4.69) is 4.98 Å². The molecule has 1 heterocycles. The van der Waals surface area contributed by atoms with E-state index in [9.17, 15) is 9.18 Å². The number of nitrogens with zero attached hydrogens (tertiary/aromatic N) is 1. The minimum atomic E-state index is -0.427. The highest BCUT2D eigenvalue weighted by Crippen LogP contribution is 2.17. The summed E-state index contributed by atoms with van der Waals surface area (Å²) in [7, 11) is 1.59. The summed E-state index contributed by atoms with van der Waals surface area (Å²) in [6.07, 6.45) is 0. The number of methoxy groups -OCH3 is 1.